The lowest BCUT2D eigenvalue weighted by Gasteiger charge is -2.12. The van der Waals surface area contributed by atoms with Gasteiger partial charge in [0.15, 0.2) is 0 Å². The zero-order valence-corrected chi connectivity index (χ0v) is 18.9. The first kappa shape index (κ1) is 22.9. The van der Waals surface area contributed by atoms with Crippen molar-refractivity contribution < 1.29 is 23.5 Å². The van der Waals surface area contributed by atoms with Crippen LogP contribution in [-0.2, 0) is 9.59 Å². The van der Waals surface area contributed by atoms with E-state index >= 15 is 0 Å². The lowest BCUT2D eigenvalue weighted by atomic mass is 10.1. The maximum atomic E-state index is 12.7. The van der Waals surface area contributed by atoms with Crippen LogP contribution in [-0.4, -0.2) is 35.1 Å². The summed E-state index contributed by atoms with van der Waals surface area (Å²) in [6.07, 6.45) is 1.47. The zero-order valence-electron chi connectivity index (χ0n) is 18.1. The van der Waals surface area contributed by atoms with Crippen molar-refractivity contribution in [3.8, 4) is 23.1 Å². The average Bonchev–Trinajstić information content (AvgIpc) is 3.41. The molecule has 2 aromatic carbocycles. The molecule has 9 heteroatoms. The number of nitriles is 1. The molecule has 3 aromatic rings. The second-order valence-electron chi connectivity index (χ2n) is 7.16. The summed E-state index contributed by atoms with van der Waals surface area (Å²) in [5.41, 5.74) is 1.84. The number of hydrogen-bond acceptors (Lipinski definition) is 7. The number of ether oxygens (including phenoxy) is 1. The minimum Gasteiger partial charge on any atom is -0.494 e. The van der Waals surface area contributed by atoms with Crippen LogP contribution in [0, 0.1) is 11.3 Å². The Morgan fingerprint density at radius 1 is 1.12 bits per heavy atom. The molecular formula is C25H19N3O5S. The van der Waals surface area contributed by atoms with E-state index in [1.54, 1.807) is 60.7 Å². The fraction of sp³-hybridized carbons (Fsp3) is 0.120. The average molecular weight is 474 g/mol. The van der Waals surface area contributed by atoms with Gasteiger partial charge in [0, 0.05) is 17.3 Å². The monoisotopic (exact) mass is 473 g/mol. The minimum atomic E-state index is -0.562. The Morgan fingerprint density at radius 3 is 2.53 bits per heavy atom. The van der Waals surface area contributed by atoms with E-state index in [0.29, 0.717) is 35.1 Å². The molecule has 170 valence electrons. The van der Waals surface area contributed by atoms with Gasteiger partial charge in [-0.05, 0) is 79.3 Å². The number of nitrogens with one attached hydrogen (secondary N) is 1. The van der Waals surface area contributed by atoms with Crippen LogP contribution in [0.3, 0.4) is 0 Å². The number of thioether (sulfide) groups is 1. The van der Waals surface area contributed by atoms with Crippen LogP contribution in [0.15, 0.2) is 70.0 Å². The van der Waals surface area contributed by atoms with Gasteiger partial charge in [-0.2, -0.15) is 5.26 Å². The van der Waals surface area contributed by atoms with Crippen LogP contribution < -0.4 is 10.1 Å². The van der Waals surface area contributed by atoms with Crippen molar-refractivity contribution in [3.05, 3.63) is 76.9 Å². The summed E-state index contributed by atoms with van der Waals surface area (Å²) in [5.74, 6) is 0.576. The van der Waals surface area contributed by atoms with Crippen LogP contribution >= 0.6 is 11.8 Å². The van der Waals surface area contributed by atoms with Crippen LogP contribution in [0.25, 0.3) is 17.4 Å². The highest BCUT2D eigenvalue weighted by Crippen LogP contribution is 2.33. The molecule has 1 N–H and O–H groups in total. The molecule has 3 amide bonds. The Labute approximate surface area is 199 Å². The predicted octanol–water partition coefficient (Wildman–Crippen LogP) is 4.89. The van der Waals surface area contributed by atoms with Crippen molar-refractivity contribution in [1.29, 1.82) is 5.26 Å². The van der Waals surface area contributed by atoms with Crippen LogP contribution in [0.1, 0.15) is 18.2 Å². The van der Waals surface area contributed by atoms with Crippen molar-refractivity contribution in [2.45, 2.75) is 6.92 Å². The van der Waals surface area contributed by atoms with Crippen LogP contribution in [0.2, 0.25) is 0 Å². The van der Waals surface area contributed by atoms with Gasteiger partial charge >= 0.3 is 0 Å². The number of furan rings is 1. The number of anilines is 1. The SMILES string of the molecule is CCOc1ccc(NC(=O)CN2C(=O)S/C(=C/c3ccc(-c4ccc(C#N)cc4)o3)C2=O)cc1. The van der Waals surface area contributed by atoms with E-state index in [9.17, 15) is 14.4 Å². The molecule has 34 heavy (non-hydrogen) atoms. The summed E-state index contributed by atoms with van der Waals surface area (Å²) < 4.78 is 11.1. The van der Waals surface area contributed by atoms with Gasteiger partial charge < -0.3 is 14.5 Å². The van der Waals surface area contributed by atoms with Gasteiger partial charge in [0.2, 0.25) is 5.91 Å². The molecule has 0 aliphatic carbocycles. The highest BCUT2D eigenvalue weighted by atomic mass is 32.2. The maximum absolute atomic E-state index is 12.7. The third-order valence-electron chi connectivity index (χ3n) is 4.82. The largest absolute Gasteiger partial charge is 0.494 e. The molecule has 0 radical (unpaired) electrons. The van der Waals surface area contributed by atoms with E-state index < -0.39 is 23.6 Å². The fourth-order valence-corrected chi connectivity index (χ4v) is 4.02. The summed E-state index contributed by atoms with van der Waals surface area (Å²) in [4.78, 5) is 38.5. The Hall–Kier alpha value is -4.29. The molecule has 4 rings (SSSR count). The number of rotatable bonds is 7. The van der Waals surface area contributed by atoms with E-state index in [0.717, 1.165) is 22.2 Å². The number of nitrogens with zero attached hydrogens (tertiary/aromatic N) is 2. The molecule has 0 saturated carbocycles. The van der Waals surface area contributed by atoms with Gasteiger partial charge in [0.05, 0.1) is 23.1 Å². The Morgan fingerprint density at radius 2 is 1.85 bits per heavy atom. The van der Waals surface area contributed by atoms with Crippen molar-refractivity contribution in [2.24, 2.45) is 0 Å². The summed E-state index contributed by atoms with van der Waals surface area (Å²) >= 11 is 0.748. The molecule has 1 saturated heterocycles. The summed E-state index contributed by atoms with van der Waals surface area (Å²) in [5, 5.41) is 11.0. The summed E-state index contributed by atoms with van der Waals surface area (Å²) in [7, 11) is 0. The Bertz CT molecular complexity index is 1300. The fourth-order valence-electron chi connectivity index (χ4n) is 3.21. The number of carbonyl (C=O) groups excluding carboxylic acids is 3. The van der Waals surface area contributed by atoms with E-state index in [2.05, 4.69) is 11.4 Å². The van der Waals surface area contributed by atoms with Gasteiger partial charge in [-0.15, -0.1) is 0 Å². The third kappa shape index (κ3) is 5.19. The molecule has 0 atom stereocenters. The number of amides is 3. The molecule has 0 bridgehead atoms. The molecular weight excluding hydrogens is 454 g/mol. The Kier molecular flexibility index (Phi) is 6.80. The molecule has 1 fully saturated rings. The second kappa shape index (κ2) is 10.1. The quantitative estimate of drug-likeness (QED) is 0.486. The topological polar surface area (TPSA) is 113 Å². The molecule has 1 aromatic heterocycles. The lowest BCUT2D eigenvalue weighted by Crippen LogP contribution is -2.36. The van der Waals surface area contributed by atoms with E-state index in [4.69, 9.17) is 14.4 Å². The first-order chi connectivity index (χ1) is 16.5. The van der Waals surface area contributed by atoms with Crippen molar-refractivity contribution in [3.63, 3.8) is 0 Å². The van der Waals surface area contributed by atoms with Gasteiger partial charge in [-0.25, -0.2) is 0 Å². The number of carbonyl (C=O) groups is 3. The van der Waals surface area contributed by atoms with Crippen molar-refractivity contribution in [1.82, 2.24) is 4.90 Å². The maximum Gasteiger partial charge on any atom is 0.294 e. The highest BCUT2D eigenvalue weighted by Gasteiger charge is 2.36. The summed E-state index contributed by atoms with van der Waals surface area (Å²) in [6.45, 7) is 2.01. The van der Waals surface area contributed by atoms with E-state index in [1.165, 1.54) is 6.08 Å². The molecule has 0 spiro atoms. The number of imide groups is 1. The summed E-state index contributed by atoms with van der Waals surface area (Å²) in [6, 6.07) is 19.2. The van der Waals surface area contributed by atoms with Crippen molar-refractivity contribution >= 4 is 40.6 Å². The third-order valence-corrected chi connectivity index (χ3v) is 5.73. The standard InChI is InChI=1S/C25H19N3O5S/c1-2-32-19-9-7-18(8-10-19)27-23(29)15-28-24(30)22(34-25(28)31)13-20-11-12-21(33-20)17-5-3-16(14-26)4-6-17/h3-13H,2,15H2,1H3,(H,27,29)/b22-13+. The first-order valence-corrected chi connectivity index (χ1v) is 11.2. The lowest BCUT2D eigenvalue weighted by molar-refractivity contribution is -0.127. The highest BCUT2D eigenvalue weighted by molar-refractivity contribution is 8.18. The number of benzene rings is 2. The molecule has 1 aliphatic heterocycles. The smallest absolute Gasteiger partial charge is 0.294 e. The van der Waals surface area contributed by atoms with Gasteiger partial charge in [-0.3, -0.25) is 19.3 Å². The van der Waals surface area contributed by atoms with E-state index in [-0.39, 0.29) is 4.91 Å². The minimum absolute atomic E-state index is 0.166. The van der Waals surface area contributed by atoms with Gasteiger partial charge in [-0.1, -0.05) is 0 Å². The molecule has 2 heterocycles. The van der Waals surface area contributed by atoms with E-state index in [1.807, 2.05) is 6.92 Å². The van der Waals surface area contributed by atoms with Crippen LogP contribution in [0.4, 0.5) is 10.5 Å². The van der Waals surface area contributed by atoms with Crippen molar-refractivity contribution in [2.75, 3.05) is 18.5 Å². The zero-order chi connectivity index (χ0) is 24.1. The predicted molar refractivity (Wildman–Crippen MR) is 128 cm³/mol. The molecule has 1 aliphatic rings. The normalized spacial score (nSPS) is 14.4. The molecule has 0 unspecified atom stereocenters. The number of hydrogen-bond donors (Lipinski definition) is 1. The van der Waals surface area contributed by atoms with Gasteiger partial charge in [0.1, 0.15) is 23.8 Å². The Balaban J connectivity index is 1.40. The molecule has 8 nitrogen and oxygen atoms in total. The van der Waals surface area contributed by atoms with Crippen LogP contribution in [0.5, 0.6) is 5.75 Å². The van der Waals surface area contributed by atoms with Gasteiger partial charge in [0.25, 0.3) is 11.1 Å². The second-order valence-corrected chi connectivity index (χ2v) is 8.16. The first-order valence-electron chi connectivity index (χ1n) is 10.4.